The number of carbonyl (C=O) groups is 2. The molecule has 0 rings (SSSR count). The largest absolute Gasteiger partial charge is 0.756 e. The molecule has 0 aromatic heterocycles. The lowest BCUT2D eigenvalue weighted by Gasteiger charge is -2.28. The molecule has 0 radical (unpaired) electrons. The number of esters is 2. The van der Waals surface area contributed by atoms with Crippen molar-refractivity contribution in [2.45, 2.75) is 373 Å². The van der Waals surface area contributed by atoms with Crippen molar-refractivity contribution in [2.24, 2.45) is 0 Å². The quantitative estimate of drug-likeness (QED) is 0.0195. The number of hydrogen-bond acceptors (Lipinski definition) is 8. The Hall–Kier alpha value is -1.77. The smallest absolute Gasteiger partial charge is 0.306 e. The summed E-state index contributed by atoms with van der Waals surface area (Å²) in [6.45, 7) is 4.28. The summed E-state index contributed by atoms with van der Waals surface area (Å²) in [7, 11) is 1.18. The number of quaternary nitrogens is 1. The highest BCUT2D eigenvalue weighted by Crippen LogP contribution is 2.38. The molecule has 0 bridgehead atoms. The molecule has 0 aromatic rings. The maximum atomic E-state index is 12.9. The van der Waals surface area contributed by atoms with Crippen LogP contribution in [-0.4, -0.2) is 70.0 Å². The van der Waals surface area contributed by atoms with E-state index in [1.165, 1.54) is 289 Å². The van der Waals surface area contributed by atoms with Gasteiger partial charge in [0, 0.05) is 12.8 Å². The summed E-state index contributed by atoms with van der Waals surface area (Å²) in [5, 5.41) is 0. The summed E-state index contributed by atoms with van der Waals surface area (Å²) in [6, 6.07) is 0. The van der Waals surface area contributed by atoms with Crippen LogP contribution >= 0.6 is 7.82 Å². The third kappa shape index (κ3) is 69.2. The highest BCUT2D eigenvalue weighted by atomic mass is 31.2. The molecule has 0 aromatic carbocycles. The average Bonchev–Trinajstić information content (AvgIpc) is 3.48. The van der Waals surface area contributed by atoms with Gasteiger partial charge >= 0.3 is 11.9 Å². The van der Waals surface area contributed by atoms with Crippen LogP contribution in [-0.2, 0) is 32.7 Å². The van der Waals surface area contributed by atoms with E-state index in [0.717, 1.165) is 44.9 Å². The number of ether oxygens (including phenoxy) is 2. The number of phosphoric acid groups is 1. The van der Waals surface area contributed by atoms with Gasteiger partial charge in [0.1, 0.15) is 19.8 Å². The molecular formula is C73H140NO8P. The molecule has 0 aliphatic rings. The first kappa shape index (κ1) is 81.2. The van der Waals surface area contributed by atoms with Crippen molar-refractivity contribution < 1.29 is 42.1 Å². The fourth-order valence-corrected chi connectivity index (χ4v) is 11.5. The molecule has 83 heavy (non-hydrogen) atoms. The Morgan fingerprint density at radius 2 is 0.651 bits per heavy atom. The summed E-state index contributed by atoms with van der Waals surface area (Å²) in [4.78, 5) is 38.0. The van der Waals surface area contributed by atoms with Gasteiger partial charge < -0.3 is 27.9 Å². The van der Waals surface area contributed by atoms with Crippen LogP contribution in [0.1, 0.15) is 367 Å². The molecule has 0 N–H and O–H groups in total. The summed E-state index contributed by atoms with van der Waals surface area (Å²) < 4.78 is 34.3. The standard InChI is InChI=1S/C73H140NO8P/c1-6-8-10-12-14-16-18-20-22-24-26-27-28-29-30-31-32-33-34-35-36-37-38-39-40-41-42-43-44-45-46-47-48-50-52-54-56-58-60-62-64-66-73(76)82-71(70-81-83(77,78)80-68-67-74(3,4)5)69-79-72(75)65-63-61-59-57-55-53-51-49-25-23-21-19-17-15-13-11-9-7-2/h18,20,23-26,71H,6-17,19,21-22,27-70H2,1-5H3/b20-18-,25-23-,26-24-. The van der Waals surface area contributed by atoms with Crippen molar-refractivity contribution in [1.29, 1.82) is 0 Å². The van der Waals surface area contributed by atoms with Crippen molar-refractivity contribution in [2.75, 3.05) is 47.5 Å². The van der Waals surface area contributed by atoms with E-state index < -0.39 is 26.5 Å². The molecule has 0 saturated heterocycles. The molecule has 0 saturated carbocycles. The van der Waals surface area contributed by atoms with Crippen molar-refractivity contribution in [3.63, 3.8) is 0 Å². The predicted molar refractivity (Wildman–Crippen MR) is 356 cm³/mol. The Labute approximate surface area is 516 Å². The number of nitrogens with zero attached hydrogens (tertiary/aromatic N) is 1. The van der Waals surface area contributed by atoms with Gasteiger partial charge in [0.15, 0.2) is 6.10 Å². The zero-order valence-corrected chi connectivity index (χ0v) is 56.8. The minimum Gasteiger partial charge on any atom is -0.756 e. The minimum absolute atomic E-state index is 0.0286. The average molecular weight is 1190 g/mol. The second-order valence-corrected chi connectivity index (χ2v) is 27.4. The Morgan fingerprint density at radius 3 is 0.964 bits per heavy atom. The zero-order valence-electron chi connectivity index (χ0n) is 55.9. The lowest BCUT2D eigenvalue weighted by Crippen LogP contribution is -2.37. The molecular weight excluding hydrogens is 1050 g/mol. The monoisotopic (exact) mass is 1190 g/mol. The van der Waals surface area contributed by atoms with Gasteiger partial charge in [-0.1, -0.05) is 320 Å². The van der Waals surface area contributed by atoms with Gasteiger partial charge in [0.2, 0.25) is 0 Å². The third-order valence-corrected chi connectivity index (χ3v) is 17.3. The Balaban J connectivity index is 3.86. The third-order valence-electron chi connectivity index (χ3n) is 16.4. The maximum absolute atomic E-state index is 12.9. The van der Waals surface area contributed by atoms with Gasteiger partial charge in [0.25, 0.3) is 7.82 Å². The molecule has 0 fully saturated rings. The minimum atomic E-state index is -4.64. The molecule has 0 aliphatic heterocycles. The highest BCUT2D eigenvalue weighted by Gasteiger charge is 2.22. The Morgan fingerprint density at radius 1 is 0.373 bits per heavy atom. The number of carbonyl (C=O) groups excluding carboxylic acids is 2. The van der Waals surface area contributed by atoms with E-state index in [-0.39, 0.29) is 32.0 Å². The van der Waals surface area contributed by atoms with Crippen LogP contribution in [0.2, 0.25) is 0 Å². The number of hydrogen-bond donors (Lipinski definition) is 0. The molecule has 9 nitrogen and oxygen atoms in total. The van der Waals surface area contributed by atoms with Crippen LogP contribution in [0.15, 0.2) is 36.5 Å². The number of unbranched alkanes of at least 4 members (excludes halogenated alkanes) is 48. The second-order valence-electron chi connectivity index (χ2n) is 26.0. The van der Waals surface area contributed by atoms with E-state index >= 15 is 0 Å². The van der Waals surface area contributed by atoms with Gasteiger partial charge in [-0.2, -0.15) is 0 Å². The molecule has 10 heteroatoms. The van der Waals surface area contributed by atoms with Crippen LogP contribution in [0.25, 0.3) is 0 Å². The molecule has 0 amide bonds. The summed E-state index contributed by atoms with van der Waals surface area (Å²) >= 11 is 0. The zero-order chi connectivity index (χ0) is 60.5. The van der Waals surface area contributed by atoms with Crippen LogP contribution in [0.3, 0.4) is 0 Å². The number of likely N-dealkylation sites (N-methyl/N-ethyl adjacent to an activating group) is 1. The fourth-order valence-electron chi connectivity index (χ4n) is 10.8. The fraction of sp³-hybridized carbons (Fsp3) is 0.890. The van der Waals surface area contributed by atoms with Crippen LogP contribution in [0.4, 0.5) is 0 Å². The molecule has 490 valence electrons. The molecule has 0 spiro atoms. The summed E-state index contributed by atoms with van der Waals surface area (Å²) in [5.41, 5.74) is 0. The van der Waals surface area contributed by atoms with Gasteiger partial charge in [0.05, 0.1) is 27.7 Å². The van der Waals surface area contributed by atoms with Gasteiger partial charge in [-0.25, -0.2) is 0 Å². The van der Waals surface area contributed by atoms with Gasteiger partial charge in [-0.3, -0.25) is 14.2 Å². The number of rotatable bonds is 68. The van der Waals surface area contributed by atoms with E-state index in [1.807, 2.05) is 21.1 Å². The van der Waals surface area contributed by atoms with E-state index in [4.69, 9.17) is 18.5 Å². The lowest BCUT2D eigenvalue weighted by molar-refractivity contribution is -0.870. The highest BCUT2D eigenvalue weighted by molar-refractivity contribution is 7.45. The number of allylic oxidation sites excluding steroid dienone is 6. The van der Waals surface area contributed by atoms with E-state index in [9.17, 15) is 19.0 Å². The lowest BCUT2D eigenvalue weighted by atomic mass is 10.0. The van der Waals surface area contributed by atoms with Crippen molar-refractivity contribution >= 4 is 19.8 Å². The SMILES string of the molecule is CCCCCCC/C=C\C/C=C\CCCCCCCCCCCCCCCCCCCCCCCCCCCCCCCC(=O)OC(COC(=O)CCCCCCCCC/C=C\CCCCCCCCC)COP(=O)([O-])OCC[N+](C)(C)C. The topological polar surface area (TPSA) is 111 Å². The first-order valence-electron chi connectivity index (χ1n) is 36.2. The molecule has 2 atom stereocenters. The number of phosphoric ester groups is 1. The van der Waals surface area contributed by atoms with Crippen molar-refractivity contribution in [3.05, 3.63) is 36.5 Å². The van der Waals surface area contributed by atoms with Crippen LogP contribution in [0.5, 0.6) is 0 Å². The molecule has 2 unspecified atom stereocenters. The predicted octanol–water partition coefficient (Wildman–Crippen LogP) is 22.8. The normalized spacial score (nSPS) is 13.3. The first-order chi connectivity index (χ1) is 40.5. The van der Waals surface area contributed by atoms with Crippen molar-refractivity contribution in [1.82, 2.24) is 0 Å². The Bertz CT molecular complexity index is 1490. The Kier molecular flexibility index (Phi) is 63.3. The first-order valence-corrected chi connectivity index (χ1v) is 37.7. The maximum Gasteiger partial charge on any atom is 0.306 e. The van der Waals surface area contributed by atoms with Crippen molar-refractivity contribution in [3.8, 4) is 0 Å². The van der Waals surface area contributed by atoms with Gasteiger partial charge in [-0.05, 0) is 70.6 Å². The second kappa shape index (κ2) is 64.7. The van der Waals surface area contributed by atoms with E-state index in [1.54, 1.807) is 0 Å². The molecule has 0 heterocycles. The van der Waals surface area contributed by atoms with E-state index in [2.05, 4.69) is 50.3 Å². The van der Waals surface area contributed by atoms with Gasteiger partial charge in [-0.15, -0.1) is 0 Å². The van der Waals surface area contributed by atoms with E-state index in [0.29, 0.717) is 17.4 Å². The summed E-state index contributed by atoms with van der Waals surface area (Å²) in [5.74, 6) is -0.819. The molecule has 0 aliphatic carbocycles. The summed E-state index contributed by atoms with van der Waals surface area (Å²) in [6.07, 6.45) is 82.6. The van der Waals surface area contributed by atoms with Crippen LogP contribution in [0, 0.1) is 0 Å². The van der Waals surface area contributed by atoms with Crippen LogP contribution < -0.4 is 4.89 Å².